The quantitative estimate of drug-likeness (QED) is 0.173. The van der Waals surface area contributed by atoms with Crippen molar-refractivity contribution >= 4 is 89.2 Å². The standard InChI is InChI=1S/2C12H10Cl2N2O2S/c2*13-10-2-1-3-11(12(10)14)16-19(17,18)9-6-4-8(15)5-7-9/h2*1-7,16H,15H2. The van der Waals surface area contributed by atoms with E-state index in [2.05, 4.69) is 9.44 Å². The van der Waals surface area contributed by atoms with E-state index in [0.717, 1.165) is 0 Å². The van der Waals surface area contributed by atoms with Gasteiger partial charge in [0.25, 0.3) is 20.0 Å². The molecule has 8 nitrogen and oxygen atoms in total. The topological polar surface area (TPSA) is 144 Å². The molecule has 200 valence electrons. The van der Waals surface area contributed by atoms with E-state index in [-0.39, 0.29) is 41.3 Å². The highest BCUT2D eigenvalue weighted by Gasteiger charge is 2.17. The first-order chi connectivity index (χ1) is 17.8. The maximum atomic E-state index is 12.1. The van der Waals surface area contributed by atoms with E-state index >= 15 is 0 Å². The van der Waals surface area contributed by atoms with Crippen LogP contribution in [0.4, 0.5) is 22.7 Å². The Hall–Kier alpha value is -2.86. The molecule has 0 aliphatic rings. The molecule has 0 unspecified atom stereocenters. The minimum absolute atomic E-state index is 0.0951. The van der Waals surface area contributed by atoms with Crippen molar-refractivity contribution in [1.29, 1.82) is 0 Å². The van der Waals surface area contributed by atoms with Gasteiger partial charge in [-0.15, -0.1) is 0 Å². The summed E-state index contributed by atoms with van der Waals surface area (Å²) in [6.07, 6.45) is 0. The molecule has 0 atom stereocenters. The van der Waals surface area contributed by atoms with Crippen molar-refractivity contribution < 1.29 is 16.8 Å². The monoisotopic (exact) mass is 632 g/mol. The molecule has 0 radical (unpaired) electrons. The number of anilines is 4. The molecule has 0 aromatic heterocycles. The van der Waals surface area contributed by atoms with E-state index in [1.807, 2.05) is 0 Å². The number of nitrogens with two attached hydrogens (primary N) is 2. The van der Waals surface area contributed by atoms with Crippen LogP contribution < -0.4 is 20.9 Å². The van der Waals surface area contributed by atoms with Crippen LogP contribution in [0.1, 0.15) is 0 Å². The molecule has 0 heterocycles. The molecule has 0 aliphatic heterocycles. The van der Waals surface area contributed by atoms with Gasteiger partial charge in [0.2, 0.25) is 0 Å². The van der Waals surface area contributed by atoms with Gasteiger partial charge < -0.3 is 11.5 Å². The van der Waals surface area contributed by atoms with Crippen LogP contribution >= 0.6 is 46.4 Å². The third kappa shape index (κ3) is 7.59. The predicted octanol–water partition coefficient (Wildman–Crippen LogP) is 6.75. The highest BCUT2D eigenvalue weighted by atomic mass is 35.5. The average Bonchev–Trinajstić information content (AvgIpc) is 2.86. The van der Waals surface area contributed by atoms with Gasteiger partial charge in [-0.25, -0.2) is 16.8 Å². The zero-order valence-corrected chi connectivity index (χ0v) is 23.9. The fourth-order valence-corrected chi connectivity index (χ4v) is 5.82. The summed E-state index contributed by atoms with van der Waals surface area (Å²) in [4.78, 5) is 0.190. The molecule has 0 fully saturated rings. The Labute approximate surface area is 240 Å². The van der Waals surface area contributed by atoms with Crippen LogP contribution in [0.5, 0.6) is 0 Å². The summed E-state index contributed by atoms with van der Waals surface area (Å²) in [6.45, 7) is 0. The number of halogens is 4. The molecule has 0 saturated carbocycles. The van der Waals surface area contributed by atoms with Crippen molar-refractivity contribution in [1.82, 2.24) is 0 Å². The molecule has 0 saturated heterocycles. The number of rotatable bonds is 6. The van der Waals surface area contributed by atoms with Crippen LogP contribution in [0.2, 0.25) is 20.1 Å². The van der Waals surface area contributed by atoms with E-state index in [0.29, 0.717) is 11.4 Å². The number of nitrogen functional groups attached to an aromatic ring is 2. The maximum absolute atomic E-state index is 12.1. The third-order valence-electron chi connectivity index (χ3n) is 4.77. The van der Waals surface area contributed by atoms with E-state index in [1.54, 1.807) is 24.3 Å². The number of benzene rings is 4. The fourth-order valence-electron chi connectivity index (χ4n) is 2.87. The lowest BCUT2D eigenvalue weighted by atomic mass is 10.3. The van der Waals surface area contributed by atoms with Gasteiger partial charge >= 0.3 is 0 Å². The zero-order chi connectivity index (χ0) is 28.1. The van der Waals surface area contributed by atoms with Crippen molar-refractivity contribution in [2.45, 2.75) is 9.79 Å². The highest BCUT2D eigenvalue weighted by molar-refractivity contribution is 7.93. The summed E-state index contributed by atoms with van der Waals surface area (Å²) in [5.41, 5.74) is 12.5. The molecule has 0 aliphatic carbocycles. The second kappa shape index (κ2) is 12.3. The van der Waals surface area contributed by atoms with Crippen LogP contribution in [0, 0.1) is 0 Å². The molecule has 0 bridgehead atoms. The van der Waals surface area contributed by atoms with Crippen LogP contribution in [0.15, 0.2) is 94.7 Å². The van der Waals surface area contributed by atoms with Gasteiger partial charge in [0.1, 0.15) is 0 Å². The zero-order valence-electron chi connectivity index (χ0n) is 19.2. The molecule has 4 aromatic carbocycles. The smallest absolute Gasteiger partial charge is 0.261 e. The van der Waals surface area contributed by atoms with Crippen molar-refractivity contribution in [3.05, 3.63) is 105 Å². The Morgan fingerprint density at radius 3 is 1.13 bits per heavy atom. The van der Waals surface area contributed by atoms with E-state index in [4.69, 9.17) is 57.9 Å². The van der Waals surface area contributed by atoms with E-state index < -0.39 is 20.0 Å². The minimum atomic E-state index is -3.72. The lowest BCUT2D eigenvalue weighted by molar-refractivity contribution is 0.599. The fraction of sp³-hybridized carbons (Fsp3) is 0. The summed E-state index contributed by atoms with van der Waals surface area (Å²) >= 11 is 23.5. The Kier molecular flexibility index (Phi) is 9.64. The van der Waals surface area contributed by atoms with Gasteiger partial charge in [-0.05, 0) is 72.8 Å². The Balaban J connectivity index is 0.000000211. The van der Waals surface area contributed by atoms with Gasteiger partial charge in [-0.3, -0.25) is 9.44 Å². The summed E-state index contributed by atoms with van der Waals surface area (Å²) in [5.74, 6) is 0. The second-order valence-electron chi connectivity index (χ2n) is 7.55. The maximum Gasteiger partial charge on any atom is 0.261 e. The number of hydrogen-bond acceptors (Lipinski definition) is 6. The third-order valence-corrected chi connectivity index (χ3v) is 9.17. The summed E-state index contributed by atoms with van der Waals surface area (Å²) in [5, 5.41) is 0.865. The van der Waals surface area contributed by atoms with Crippen LogP contribution in [0.3, 0.4) is 0 Å². The first kappa shape index (κ1) is 29.7. The number of hydrogen-bond donors (Lipinski definition) is 4. The Morgan fingerprint density at radius 2 is 0.816 bits per heavy atom. The molecule has 14 heteroatoms. The molecule has 0 amide bonds. The minimum Gasteiger partial charge on any atom is -0.399 e. The van der Waals surface area contributed by atoms with Gasteiger partial charge in [0.05, 0.1) is 41.3 Å². The van der Waals surface area contributed by atoms with E-state index in [1.165, 1.54) is 60.7 Å². The van der Waals surface area contributed by atoms with E-state index in [9.17, 15) is 16.8 Å². The first-order valence-corrected chi connectivity index (χ1v) is 14.9. The van der Waals surface area contributed by atoms with Gasteiger partial charge in [-0.2, -0.15) is 0 Å². The highest BCUT2D eigenvalue weighted by Crippen LogP contribution is 2.32. The summed E-state index contributed by atoms with van der Waals surface area (Å²) in [7, 11) is -7.44. The van der Waals surface area contributed by atoms with Crippen molar-refractivity contribution in [3.63, 3.8) is 0 Å². The Bertz CT molecular complexity index is 1530. The normalized spacial score (nSPS) is 11.3. The van der Waals surface area contributed by atoms with Gasteiger partial charge in [0, 0.05) is 11.4 Å². The SMILES string of the molecule is Nc1ccc(S(=O)(=O)Nc2cccc(Cl)c2Cl)cc1.Nc1ccc(S(=O)(=O)Nc2cccc(Cl)c2Cl)cc1. The molecule has 6 N–H and O–H groups in total. The molecular formula is C24H20Cl4N4O4S2. The largest absolute Gasteiger partial charge is 0.399 e. The van der Waals surface area contributed by atoms with Gasteiger partial charge in [-0.1, -0.05) is 58.5 Å². The predicted molar refractivity (Wildman–Crippen MR) is 156 cm³/mol. The number of sulfonamides is 2. The molecule has 38 heavy (non-hydrogen) atoms. The average molecular weight is 634 g/mol. The van der Waals surface area contributed by atoms with Crippen molar-refractivity contribution in [2.24, 2.45) is 0 Å². The van der Waals surface area contributed by atoms with Crippen molar-refractivity contribution in [3.8, 4) is 0 Å². The lowest BCUT2D eigenvalue weighted by Gasteiger charge is -2.10. The van der Waals surface area contributed by atoms with Crippen LogP contribution in [0.25, 0.3) is 0 Å². The first-order valence-electron chi connectivity index (χ1n) is 10.4. The van der Waals surface area contributed by atoms with Crippen molar-refractivity contribution in [2.75, 3.05) is 20.9 Å². The molecule has 4 aromatic rings. The Morgan fingerprint density at radius 1 is 0.500 bits per heavy atom. The molecule has 4 rings (SSSR count). The summed E-state index contributed by atoms with van der Waals surface area (Å²) < 4.78 is 53.2. The van der Waals surface area contributed by atoms with Crippen LogP contribution in [-0.4, -0.2) is 16.8 Å². The second-order valence-corrected chi connectivity index (χ2v) is 12.5. The van der Waals surface area contributed by atoms with Gasteiger partial charge in [0.15, 0.2) is 0 Å². The molecule has 0 spiro atoms. The lowest BCUT2D eigenvalue weighted by Crippen LogP contribution is -2.13. The van der Waals surface area contributed by atoms with Crippen LogP contribution in [-0.2, 0) is 20.0 Å². The summed E-state index contributed by atoms with van der Waals surface area (Å²) in [6, 6.07) is 21.1. The number of nitrogens with one attached hydrogen (secondary N) is 2. The molecular weight excluding hydrogens is 614 g/mol.